The zero-order chi connectivity index (χ0) is 22.6. The lowest BCUT2D eigenvalue weighted by Gasteiger charge is -2.70. The van der Waals surface area contributed by atoms with Gasteiger partial charge in [0.2, 0.25) is 0 Å². The molecule has 0 N–H and O–H groups in total. The Morgan fingerprint density at radius 2 is 1.45 bits per heavy atom. The van der Waals surface area contributed by atoms with Gasteiger partial charge < -0.3 is 0 Å². The normalized spacial score (nSPS) is 43.3. The van der Waals surface area contributed by atoms with E-state index in [9.17, 15) is 0 Å². The molecular weight excluding hydrogens is 372 g/mol. The maximum atomic E-state index is 2.72. The number of benzene rings is 1. The van der Waals surface area contributed by atoms with Crippen LogP contribution in [0.25, 0.3) is 0 Å². The lowest BCUT2D eigenvalue weighted by Crippen LogP contribution is -2.62. The Hall–Kier alpha value is -1.04. The van der Waals surface area contributed by atoms with E-state index in [2.05, 4.69) is 74.5 Å². The molecule has 1 aromatic rings. The van der Waals surface area contributed by atoms with Gasteiger partial charge in [-0.15, -0.1) is 0 Å². The first-order valence-corrected chi connectivity index (χ1v) is 13.1. The second-order valence-corrected chi connectivity index (χ2v) is 13.9. The molecule has 0 heterocycles. The van der Waals surface area contributed by atoms with Gasteiger partial charge in [-0.2, -0.15) is 0 Å². The zero-order valence-corrected chi connectivity index (χ0v) is 21.9. The predicted octanol–water partition coefficient (Wildman–Crippen LogP) is 8.78. The molecule has 0 heteroatoms. The highest BCUT2D eigenvalue weighted by atomic mass is 14.7. The van der Waals surface area contributed by atoms with E-state index in [-0.39, 0.29) is 5.41 Å². The molecule has 3 fully saturated rings. The van der Waals surface area contributed by atoms with Gasteiger partial charge in [-0.3, -0.25) is 0 Å². The number of aryl methyl sites for hydroxylation is 1. The summed E-state index contributed by atoms with van der Waals surface area (Å²) in [5.41, 5.74) is 11.7. The number of hydrogen-bond donors (Lipinski definition) is 0. The Morgan fingerprint density at radius 1 is 0.774 bits per heavy atom. The first kappa shape index (κ1) is 21.8. The molecular formula is C31H46. The van der Waals surface area contributed by atoms with Crippen molar-refractivity contribution in [2.75, 3.05) is 0 Å². The summed E-state index contributed by atoms with van der Waals surface area (Å²) in [7, 11) is 0. The standard InChI is InChI=1S/C31H46/c1-20-18-24-23(22(3)21(20)2)10-11-25-29(24,7)15-17-31(9)26-19-27(4,5)12-13-28(26,6)14-16-30(25,31)8/h11,18,26H,10,12-17,19H2,1-9H3/t26?,28-,29+,30-,31+/m1/s1. The van der Waals surface area contributed by atoms with Crippen LogP contribution in [-0.4, -0.2) is 0 Å². The summed E-state index contributed by atoms with van der Waals surface area (Å²) >= 11 is 0. The highest BCUT2D eigenvalue weighted by Crippen LogP contribution is 2.74. The van der Waals surface area contributed by atoms with Gasteiger partial charge in [-0.25, -0.2) is 0 Å². The van der Waals surface area contributed by atoms with Crippen LogP contribution < -0.4 is 0 Å². The van der Waals surface area contributed by atoms with E-state index in [1.165, 1.54) is 56.1 Å². The van der Waals surface area contributed by atoms with Gasteiger partial charge in [-0.05, 0) is 128 Å². The molecule has 0 amide bonds. The predicted molar refractivity (Wildman–Crippen MR) is 134 cm³/mol. The summed E-state index contributed by atoms with van der Waals surface area (Å²) < 4.78 is 0. The Bertz CT molecular complexity index is 976. The van der Waals surface area contributed by atoms with Gasteiger partial charge in [0.25, 0.3) is 0 Å². The number of allylic oxidation sites excluding steroid dienone is 2. The number of rotatable bonds is 0. The quantitative estimate of drug-likeness (QED) is 0.369. The fourth-order valence-corrected chi connectivity index (χ4v) is 9.17. The Morgan fingerprint density at radius 3 is 2.16 bits per heavy atom. The number of fused-ring (bicyclic) bond motifs is 7. The zero-order valence-electron chi connectivity index (χ0n) is 21.9. The molecule has 0 radical (unpaired) electrons. The third kappa shape index (κ3) is 2.66. The van der Waals surface area contributed by atoms with Gasteiger partial charge in [0, 0.05) is 5.41 Å². The van der Waals surface area contributed by atoms with Crippen molar-refractivity contribution >= 4 is 0 Å². The first-order chi connectivity index (χ1) is 14.3. The molecule has 170 valence electrons. The minimum absolute atomic E-state index is 0.225. The van der Waals surface area contributed by atoms with Crippen LogP contribution in [0.5, 0.6) is 0 Å². The van der Waals surface area contributed by atoms with Crippen molar-refractivity contribution in [1.82, 2.24) is 0 Å². The van der Waals surface area contributed by atoms with Crippen molar-refractivity contribution in [3.63, 3.8) is 0 Å². The van der Waals surface area contributed by atoms with Gasteiger partial charge in [0.05, 0.1) is 0 Å². The maximum absolute atomic E-state index is 2.72. The van der Waals surface area contributed by atoms with E-state index in [1.807, 2.05) is 5.57 Å². The number of hydrogen-bond acceptors (Lipinski definition) is 0. The molecule has 4 aliphatic carbocycles. The monoisotopic (exact) mass is 418 g/mol. The molecule has 0 nitrogen and oxygen atoms in total. The Balaban J connectivity index is 1.64. The average molecular weight is 419 g/mol. The van der Waals surface area contributed by atoms with Crippen LogP contribution in [0.1, 0.15) is 114 Å². The van der Waals surface area contributed by atoms with Gasteiger partial charge in [0.15, 0.2) is 0 Å². The molecule has 1 aromatic carbocycles. The van der Waals surface area contributed by atoms with Crippen LogP contribution in [-0.2, 0) is 11.8 Å². The maximum Gasteiger partial charge on any atom is 0.0142 e. The molecule has 0 spiro atoms. The summed E-state index contributed by atoms with van der Waals surface area (Å²) in [5.74, 6) is 0.857. The van der Waals surface area contributed by atoms with E-state index >= 15 is 0 Å². The Kier molecular flexibility index (Phi) is 4.43. The second-order valence-electron chi connectivity index (χ2n) is 13.9. The summed E-state index contributed by atoms with van der Waals surface area (Å²) in [4.78, 5) is 0. The van der Waals surface area contributed by atoms with E-state index in [0.29, 0.717) is 21.7 Å². The van der Waals surface area contributed by atoms with Crippen molar-refractivity contribution in [3.05, 3.63) is 45.5 Å². The molecule has 1 unspecified atom stereocenters. The molecule has 4 aliphatic rings. The van der Waals surface area contributed by atoms with Crippen molar-refractivity contribution in [1.29, 1.82) is 0 Å². The lowest BCUT2D eigenvalue weighted by atomic mass is 9.34. The van der Waals surface area contributed by atoms with E-state index in [1.54, 1.807) is 16.7 Å². The molecule has 0 aliphatic heterocycles. The molecule has 5 rings (SSSR count). The molecule has 31 heavy (non-hydrogen) atoms. The van der Waals surface area contributed by atoms with Gasteiger partial charge in [-0.1, -0.05) is 59.3 Å². The smallest absolute Gasteiger partial charge is 0.0142 e. The fraction of sp³-hybridized carbons (Fsp3) is 0.742. The van der Waals surface area contributed by atoms with Crippen molar-refractivity contribution in [2.24, 2.45) is 27.6 Å². The topological polar surface area (TPSA) is 0 Å². The second kappa shape index (κ2) is 6.30. The van der Waals surface area contributed by atoms with Crippen LogP contribution in [0.4, 0.5) is 0 Å². The van der Waals surface area contributed by atoms with Crippen LogP contribution in [0.2, 0.25) is 0 Å². The van der Waals surface area contributed by atoms with E-state index in [0.717, 1.165) is 12.3 Å². The van der Waals surface area contributed by atoms with Crippen LogP contribution >= 0.6 is 0 Å². The highest BCUT2D eigenvalue weighted by Gasteiger charge is 2.66. The van der Waals surface area contributed by atoms with Gasteiger partial charge in [0.1, 0.15) is 0 Å². The fourth-order valence-electron chi connectivity index (χ4n) is 9.17. The van der Waals surface area contributed by atoms with Crippen LogP contribution in [0, 0.1) is 48.3 Å². The molecule has 3 saturated carbocycles. The van der Waals surface area contributed by atoms with Gasteiger partial charge >= 0.3 is 0 Å². The molecule has 0 bridgehead atoms. The first-order valence-electron chi connectivity index (χ1n) is 13.1. The largest absolute Gasteiger partial charge is 0.0794 e. The summed E-state index contributed by atoms with van der Waals surface area (Å²) in [6.45, 7) is 22.8. The SMILES string of the molecule is Cc1cc2c(c(C)c1C)CC=C1[C@@]2(C)CC[C@@]2(C)C3CC(C)(C)CC[C@]3(C)CC[C@]12C. The van der Waals surface area contributed by atoms with Crippen molar-refractivity contribution < 1.29 is 0 Å². The average Bonchev–Trinajstić information content (AvgIpc) is 2.70. The third-order valence-electron chi connectivity index (χ3n) is 11.9. The summed E-state index contributed by atoms with van der Waals surface area (Å²) in [6.07, 6.45) is 13.7. The summed E-state index contributed by atoms with van der Waals surface area (Å²) in [5, 5.41) is 0. The van der Waals surface area contributed by atoms with Crippen molar-refractivity contribution in [2.45, 2.75) is 119 Å². The minimum Gasteiger partial charge on any atom is -0.0794 e. The molecule has 5 atom stereocenters. The molecule has 0 aromatic heterocycles. The van der Waals surface area contributed by atoms with Crippen LogP contribution in [0.15, 0.2) is 17.7 Å². The highest BCUT2D eigenvalue weighted by molar-refractivity contribution is 5.56. The third-order valence-corrected chi connectivity index (χ3v) is 11.9. The van der Waals surface area contributed by atoms with Crippen molar-refractivity contribution in [3.8, 4) is 0 Å². The van der Waals surface area contributed by atoms with E-state index < -0.39 is 0 Å². The Labute approximate surface area is 192 Å². The van der Waals surface area contributed by atoms with Crippen LogP contribution in [0.3, 0.4) is 0 Å². The van der Waals surface area contributed by atoms with E-state index in [4.69, 9.17) is 0 Å². The summed E-state index contributed by atoms with van der Waals surface area (Å²) in [6, 6.07) is 2.58. The molecule has 0 saturated heterocycles. The lowest BCUT2D eigenvalue weighted by molar-refractivity contribution is -0.156. The minimum atomic E-state index is 0.225.